The molecule has 0 radical (unpaired) electrons. The van der Waals surface area contributed by atoms with Gasteiger partial charge in [-0.05, 0) is 24.6 Å². The zero-order valence-electron chi connectivity index (χ0n) is 11.0. The number of ether oxygens (including phenoxy) is 1. The minimum atomic E-state index is -0.134. The molecule has 0 fully saturated rings. The van der Waals surface area contributed by atoms with E-state index in [1.54, 1.807) is 6.07 Å². The van der Waals surface area contributed by atoms with E-state index < -0.39 is 0 Å². The van der Waals surface area contributed by atoms with Gasteiger partial charge in [0.05, 0.1) is 7.11 Å². The summed E-state index contributed by atoms with van der Waals surface area (Å²) in [5.41, 5.74) is 0.500. The number of unbranched alkanes of at least 4 members (excludes halogenated alkanes) is 3. The van der Waals surface area contributed by atoms with Gasteiger partial charge in [-0.15, -0.1) is 0 Å². The minimum Gasteiger partial charge on any atom is -0.504 e. The van der Waals surface area contributed by atoms with Crippen LogP contribution < -0.4 is 10.1 Å². The highest BCUT2D eigenvalue weighted by atomic mass is 16.5. The van der Waals surface area contributed by atoms with E-state index in [4.69, 9.17) is 4.74 Å². The molecule has 0 aliphatic heterocycles. The predicted octanol–water partition coefficient (Wildman–Crippen LogP) is 2.71. The molecule has 0 aliphatic carbocycles. The average Bonchev–Trinajstić information content (AvgIpc) is 2.38. The molecule has 4 nitrogen and oxygen atoms in total. The predicted molar refractivity (Wildman–Crippen MR) is 71.1 cm³/mol. The van der Waals surface area contributed by atoms with Crippen LogP contribution in [0.5, 0.6) is 11.5 Å². The summed E-state index contributed by atoms with van der Waals surface area (Å²) in [4.78, 5) is 11.8. The summed E-state index contributed by atoms with van der Waals surface area (Å²) in [6.07, 6.45) is 4.51. The highest BCUT2D eigenvalue weighted by molar-refractivity contribution is 5.94. The Morgan fingerprint density at radius 2 is 2.11 bits per heavy atom. The van der Waals surface area contributed by atoms with Crippen molar-refractivity contribution >= 4 is 5.91 Å². The van der Waals surface area contributed by atoms with Crippen LogP contribution in [0.15, 0.2) is 18.2 Å². The maximum absolute atomic E-state index is 11.8. The zero-order valence-corrected chi connectivity index (χ0v) is 11.0. The molecule has 0 bridgehead atoms. The Balaban J connectivity index is 2.46. The SMILES string of the molecule is CCCCCCNC(=O)c1ccc(O)c(OC)c1. The second-order valence-corrected chi connectivity index (χ2v) is 4.20. The molecule has 1 rings (SSSR count). The van der Waals surface area contributed by atoms with E-state index in [1.807, 2.05) is 0 Å². The van der Waals surface area contributed by atoms with Crippen LogP contribution in [-0.2, 0) is 0 Å². The van der Waals surface area contributed by atoms with E-state index in [2.05, 4.69) is 12.2 Å². The maximum Gasteiger partial charge on any atom is 0.251 e. The highest BCUT2D eigenvalue weighted by Gasteiger charge is 2.08. The van der Waals surface area contributed by atoms with Crippen LogP contribution in [0.3, 0.4) is 0 Å². The summed E-state index contributed by atoms with van der Waals surface area (Å²) in [5.74, 6) is 0.218. The van der Waals surface area contributed by atoms with Gasteiger partial charge < -0.3 is 15.2 Å². The molecular formula is C14H21NO3. The van der Waals surface area contributed by atoms with Crippen molar-refractivity contribution in [1.82, 2.24) is 5.32 Å². The van der Waals surface area contributed by atoms with Crippen LogP contribution in [0.1, 0.15) is 43.0 Å². The van der Waals surface area contributed by atoms with E-state index in [-0.39, 0.29) is 11.7 Å². The van der Waals surface area contributed by atoms with Crippen LogP contribution in [0.4, 0.5) is 0 Å². The lowest BCUT2D eigenvalue weighted by Crippen LogP contribution is -2.24. The molecule has 2 N–H and O–H groups in total. The van der Waals surface area contributed by atoms with E-state index in [0.717, 1.165) is 12.8 Å². The summed E-state index contributed by atoms with van der Waals surface area (Å²) in [6, 6.07) is 4.58. The fourth-order valence-electron chi connectivity index (χ4n) is 1.67. The van der Waals surface area contributed by atoms with E-state index >= 15 is 0 Å². The summed E-state index contributed by atoms with van der Waals surface area (Å²) in [7, 11) is 1.46. The van der Waals surface area contributed by atoms with Crippen LogP contribution in [-0.4, -0.2) is 24.7 Å². The normalized spacial score (nSPS) is 10.1. The Morgan fingerprint density at radius 1 is 1.33 bits per heavy atom. The Labute approximate surface area is 108 Å². The van der Waals surface area contributed by atoms with Crippen molar-refractivity contribution in [3.05, 3.63) is 23.8 Å². The van der Waals surface area contributed by atoms with Crippen molar-refractivity contribution in [3.8, 4) is 11.5 Å². The number of methoxy groups -OCH3 is 1. The van der Waals surface area contributed by atoms with Crippen molar-refractivity contribution in [1.29, 1.82) is 0 Å². The zero-order chi connectivity index (χ0) is 13.4. The van der Waals surface area contributed by atoms with Gasteiger partial charge in [0, 0.05) is 12.1 Å². The molecule has 0 unspecified atom stereocenters. The van der Waals surface area contributed by atoms with Gasteiger partial charge >= 0.3 is 0 Å². The second-order valence-electron chi connectivity index (χ2n) is 4.20. The first kappa shape index (κ1) is 14.4. The summed E-state index contributed by atoms with van der Waals surface area (Å²) < 4.78 is 4.96. The first-order chi connectivity index (χ1) is 8.69. The Hall–Kier alpha value is -1.71. The van der Waals surface area contributed by atoms with Gasteiger partial charge in [0.15, 0.2) is 11.5 Å². The summed E-state index contributed by atoms with van der Waals surface area (Å²) >= 11 is 0. The molecule has 0 heterocycles. The number of aromatic hydroxyl groups is 1. The van der Waals surface area contributed by atoms with Gasteiger partial charge in [0.1, 0.15) is 0 Å². The number of amides is 1. The fraction of sp³-hybridized carbons (Fsp3) is 0.500. The molecule has 1 aromatic carbocycles. The third-order valence-corrected chi connectivity index (χ3v) is 2.76. The number of hydrogen-bond donors (Lipinski definition) is 2. The first-order valence-corrected chi connectivity index (χ1v) is 6.34. The van der Waals surface area contributed by atoms with Crippen LogP contribution in [0, 0.1) is 0 Å². The van der Waals surface area contributed by atoms with Gasteiger partial charge in [-0.2, -0.15) is 0 Å². The van der Waals surface area contributed by atoms with Crippen molar-refractivity contribution in [2.45, 2.75) is 32.6 Å². The van der Waals surface area contributed by atoms with Gasteiger partial charge in [0.2, 0.25) is 0 Å². The topological polar surface area (TPSA) is 58.6 Å². The lowest BCUT2D eigenvalue weighted by atomic mass is 10.1. The number of carbonyl (C=O) groups is 1. The second kappa shape index (κ2) is 7.58. The molecule has 0 saturated heterocycles. The Bertz CT molecular complexity index is 391. The first-order valence-electron chi connectivity index (χ1n) is 6.34. The molecule has 0 spiro atoms. The molecule has 0 atom stereocenters. The van der Waals surface area contributed by atoms with E-state index in [0.29, 0.717) is 17.9 Å². The van der Waals surface area contributed by atoms with E-state index in [9.17, 15) is 9.90 Å². The average molecular weight is 251 g/mol. The number of hydrogen-bond acceptors (Lipinski definition) is 3. The summed E-state index contributed by atoms with van der Waals surface area (Å²) in [5, 5.41) is 12.3. The maximum atomic E-state index is 11.8. The quantitative estimate of drug-likeness (QED) is 0.732. The van der Waals surface area contributed by atoms with Crippen LogP contribution in [0.2, 0.25) is 0 Å². The van der Waals surface area contributed by atoms with Crippen molar-refractivity contribution < 1.29 is 14.6 Å². The molecule has 4 heteroatoms. The molecular weight excluding hydrogens is 230 g/mol. The summed E-state index contributed by atoms with van der Waals surface area (Å²) in [6.45, 7) is 2.84. The Morgan fingerprint density at radius 3 is 2.78 bits per heavy atom. The van der Waals surface area contributed by atoms with Crippen molar-refractivity contribution in [3.63, 3.8) is 0 Å². The third kappa shape index (κ3) is 4.28. The molecule has 0 saturated carbocycles. The van der Waals surface area contributed by atoms with E-state index in [1.165, 1.54) is 32.1 Å². The third-order valence-electron chi connectivity index (χ3n) is 2.76. The molecule has 0 aliphatic rings. The molecule has 100 valence electrons. The smallest absolute Gasteiger partial charge is 0.251 e. The van der Waals surface area contributed by atoms with Gasteiger partial charge in [0.25, 0.3) is 5.91 Å². The standard InChI is InChI=1S/C14H21NO3/c1-3-4-5-6-9-15-14(17)11-7-8-12(16)13(10-11)18-2/h7-8,10,16H,3-6,9H2,1-2H3,(H,15,17). The van der Waals surface area contributed by atoms with Crippen LogP contribution >= 0.6 is 0 Å². The highest BCUT2D eigenvalue weighted by Crippen LogP contribution is 2.26. The van der Waals surface area contributed by atoms with Crippen molar-refractivity contribution in [2.24, 2.45) is 0 Å². The molecule has 1 aromatic rings. The van der Waals surface area contributed by atoms with Gasteiger partial charge in [-0.3, -0.25) is 4.79 Å². The monoisotopic (exact) mass is 251 g/mol. The molecule has 18 heavy (non-hydrogen) atoms. The minimum absolute atomic E-state index is 0.0389. The number of rotatable bonds is 7. The number of nitrogens with one attached hydrogen (secondary N) is 1. The number of phenols is 1. The van der Waals surface area contributed by atoms with Crippen LogP contribution in [0.25, 0.3) is 0 Å². The fourth-order valence-corrected chi connectivity index (χ4v) is 1.67. The van der Waals surface area contributed by atoms with Gasteiger partial charge in [-0.25, -0.2) is 0 Å². The largest absolute Gasteiger partial charge is 0.504 e. The number of benzene rings is 1. The Kier molecular flexibility index (Phi) is 6.05. The number of phenolic OH excluding ortho intramolecular Hbond substituents is 1. The molecule has 1 amide bonds. The van der Waals surface area contributed by atoms with Gasteiger partial charge in [-0.1, -0.05) is 26.2 Å². The lowest BCUT2D eigenvalue weighted by molar-refractivity contribution is 0.0952. The van der Waals surface area contributed by atoms with Crippen molar-refractivity contribution in [2.75, 3.05) is 13.7 Å². The lowest BCUT2D eigenvalue weighted by Gasteiger charge is -2.07. The number of carbonyl (C=O) groups excluding carboxylic acids is 1. The molecule has 0 aromatic heterocycles.